The number of aromatic nitrogens is 4. The zero-order chi connectivity index (χ0) is 29.6. The lowest BCUT2D eigenvalue weighted by Crippen LogP contribution is -2.40. The number of nitrogens with one attached hydrogen (secondary N) is 2. The highest BCUT2D eigenvalue weighted by Crippen LogP contribution is 2.29. The molecule has 0 radical (unpaired) electrons. The van der Waals surface area contributed by atoms with Crippen molar-refractivity contribution >= 4 is 17.8 Å². The van der Waals surface area contributed by atoms with E-state index in [9.17, 15) is 22.8 Å². The van der Waals surface area contributed by atoms with Crippen molar-refractivity contribution in [2.45, 2.75) is 52.3 Å². The van der Waals surface area contributed by atoms with Gasteiger partial charge in [0, 0.05) is 26.2 Å². The number of amides is 3. The first-order valence-corrected chi connectivity index (χ1v) is 12.7. The molecular formula is C27H34F3N7O3. The highest BCUT2D eigenvalue weighted by atomic mass is 19.4. The number of ether oxygens (including phenoxy) is 1. The van der Waals surface area contributed by atoms with Crippen LogP contribution in [-0.2, 0) is 0 Å². The minimum Gasteiger partial charge on any atom is -0.496 e. The van der Waals surface area contributed by atoms with Crippen molar-refractivity contribution in [2.24, 2.45) is 0 Å². The summed E-state index contributed by atoms with van der Waals surface area (Å²) < 4.78 is 44.8. The number of benzene rings is 1. The molecule has 0 saturated carbocycles. The molecule has 3 amide bonds. The maximum Gasteiger partial charge on any atom is 0.390 e. The zero-order valence-electron chi connectivity index (χ0n) is 23.3. The van der Waals surface area contributed by atoms with E-state index in [1.807, 2.05) is 32.3 Å². The van der Waals surface area contributed by atoms with Gasteiger partial charge in [-0.3, -0.25) is 4.79 Å². The number of rotatable bonds is 10. The van der Waals surface area contributed by atoms with E-state index < -0.39 is 31.1 Å². The van der Waals surface area contributed by atoms with Crippen molar-refractivity contribution in [1.82, 2.24) is 30.0 Å². The van der Waals surface area contributed by atoms with Gasteiger partial charge in [0.1, 0.15) is 23.6 Å². The summed E-state index contributed by atoms with van der Waals surface area (Å²) in [6.45, 7) is 7.41. The number of hydrogen-bond acceptors (Lipinski definition) is 6. The minimum absolute atomic E-state index is 0.118. The summed E-state index contributed by atoms with van der Waals surface area (Å²) in [7, 11) is 2.77. The summed E-state index contributed by atoms with van der Waals surface area (Å²) in [5.74, 6) is 0.545. The van der Waals surface area contributed by atoms with Crippen LogP contribution in [0.5, 0.6) is 5.75 Å². The molecule has 2 aromatic heterocycles. The number of pyridine rings is 1. The first-order chi connectivity index (χ1) is 18.8. The maximum atomic E-state index is 13.3. The Bertz CT molecular complexity index is 1340. The summed E-state index contributed by atoms with van der Waals surface area (Å²) in [6.07, 6.45) is -3.81. The molecule has 2 N–H and O–H groups in total. The highest BCUT2D eigenvalue weighted by Gasteiger charge is 2.28. The van der Waals surface area contributed by atoms with Crippen molar-refractivity contribution < 1.29 is 27.5 Å². The van der Waals surface area contributed by atoms with Crippen LogP contribution in [0, 0.1) is 6.92 Å². The number of nitrogens with zero attached hydrogens (tertiary/aromatic N) is 5. The second kappa shape index (κ2) is 12.8. The average Bonchev–Trinajstić information content (AvgIpc) is 3.40. The molecule has 0 aliphatic carbocycles. The SMILES string of the molecule is COc1cc(C)c(C(C)CNC(=O)N(C)CCC(F)(F)F)cc1C(=O)Nc1cccc(-c2nncn2C(C)C)n1. The lowest BCUT2D eigenvalue weighted by atomic mass is 9.93. The van der Waals surface area contributed by atoms with Crippen molar-refractivity contribution in [3.05, 3.63) is 53.3 Å². The van der Waals surface area contributed by atoms with Gasteiger partial charge in [-0.25, -0.2) is 9.78 Å². The topological polar surface area (TPSA) is 114 Å². The predicted octanol–water partition coefficient (Wildman–Crippen LogP) is 5.19. The summed E-state index contributed by atoms with van der Waals surface area (Å²) in [6, 6.07) is 8.12. The number of alkyl halides is 3. The number of anilines is 1. The monoisotopic (exact) mass is 561 g/mol. The average molecular weight is 562 g/mol. The second-order valence-corrected chi connectivity index (χ2v) is 9.80. The zero-order valence-corrected chi connectivity index (χ0v) is 23.3. The largest absolute Gasteiger partial charge is 0.496 e. The third-order valence-corrected chi connectivity index (χ3v) is 6.35. The highest BCUT2D eigenvalue weighted by molar-refractivity contribution is 6.06. The maximum absolute atomic E-state index is 13.3. The molecule has 216 valence electrons. The Labute approximate surface area is 230 Å². The molecule has 1 aromatic carbocycles. The Balaban J connectivity index is 1.76. The van der Waals surface area contributed by atoms with E-state index in [4.69, 9.17) is 4.74 Å². The summed E-state index contributed by atoms with van der Waals surface area (Å²) in [5.41, 5.74) is 2.41. The second-order valence-electron chi connectivity index (χ2n) is 9.80. The normalized spacial score (nSPS) is 12.2. The number of methoxy groups -OCH3 is 1. The smallest absolute Gasteiger partial charge is 0.390 e. The van der Waals surface area contributed by atoms with Gasteiger partial charge in [0.15, 0.2) is 5.82 Å². The number of halogens is 3. The molecule has 0 fully saturated rings. The van der Waals surface area contributed by atoms with Crippen LogP contribution in [0.4, 0.5) is 23.8 Å². The molecule has 2 heterocycles. The van der Waals surface area contributed by atoms with Gasteiger partial charge in [-0.05, 0) is 62.1 Å². The van der Waals surface area contributed by atoms with Crippen molar-refractivity contribution in [1.29, 1.82) is 0 Å². The molecule has 3 rings (SSSR count). The van der Waals surface area contributed by atoms with E-state index in [0.29, 0.717) is 23.1 Å². The van der Waals surface area contributed by atoms with Gasteiger partial charge >= 0.3 is 12.2 Å². The summed E-state index contributed by atoms with van der Waals surface area (Å²) in [4.78, 5) is 31.1. The number of urea groups is 1. The van der Waals surface area contributed by atoms with E-state index in [1.54, 1.807) is 36.7 Å². The lowest BCUT2D eigenvalue weighted by molar-refractivity contribution is -0.136. The molecule has 0 aliphatic rings. The van der Waals surface area contributed by atoms with E-state index in [-0.39, 0.29) is 24.1 Å². The Morgan fingerprint density at radius 2 is 1.90 bits per heavy atom. The van der Waals surface area contributed by atoms with Crippen LogP contribution in [0.15, 0.2) is 36.7 Å². The first kappa shape index (κ1) is 30.4. The molecule has 0 saturated heterocycles. The van der Waals surface area contributed by atoms with Crippen molar-refractivity contribution in [3.63, 3.8) is 0 Å². The third-order valence-electron chi connectivity index (χ3n) is 6.35. The van der Waals surface area contributed by atoms with E-state index >= 15 is 0 Å². The van der Waals surface area contributed by atoms with Gasteiger partial charge in [-0.15, -0.1) is 10.2 Å². The number of carbonyl (C=O) groups excluding carboxylic acids is 2. The fourth-order valence-electron chi connectivity index (χ4n) is 4.07. The molecule has 1 atom stereocenters. The van der Waals surface area contributed by atoms with Crippen molar-refractivity contribution in [3.8, 4) is 17.3 Å². The third kappa shape index (κ3) is 7.70. The summed E-state index contributed by atoms with van der Waals surface area (Å²) >= 11 is 0. The number of aryl methyl sites for hydroxylation is 1. The van der Waals surface area contributed by atoms with E-state index in [2.05, 4.69) is 25.8 Å². The van der Waals surface area contributed by atoms with Crippen LogP contribution >= 0.6 is 0 Å². The standard InChI is InChI=1S/C27H34F3N7O3/c1-16(2)37-15-32-35-24(37)21-8-7-9-23(33-21)34-25(38)20-13-19(17(3)12-22(20)40-6)18(4)14-31-26(39)36(5)11-10-27(28,29)30/h7-9,12-13,15-16,18H,10-11,14H2,1-6H3,(H,31,39)(H,33,34,38). The predicted molar refractivity (Wildman–Crippen MR) is 144 cm³/mol. The fourth-order valence-corrected chi connectivity index (χ4v) is 4.07. The first-order valence-electron chi connectivity index (χ1n) is 12.7. The molecule has 13 heteroatoms. The van der Waals surface area contributed by atoms with Gasteiger partial charge in [-0.2, -0.15) is 13.2 Å². The Kier molecular flexibility index (Phi) is 9.72. The molecule has 3 aromatic rings. The Morgan fingerprint density at radius 3 is 2.55 bits per heavy atom. The van der Waals surface area contributed by atoms with Gasteiger partial charge in [-0.1, -0.05) is 13.0 Å². The molecule has 40 heavy (non-hydrogen) atoms. The molecule has 0 aliphatic heterocycles. The van der Waals surface area contributed by atoms with Crippen LogP contribution in [0.1, 0.15) is 60.6 Å². The molecular weight excluding hydrogens is 527 g/mol. The molecule has 0 spiro atoms. The Hall–Kier alpha value is -4.16. The quantitative estimate of drug-likeness (QED) is 0.352. The molecule has 0 bridgehead atoms. The van der Waals surface area contributed by atoms with E-state index in [1.165, 1.54) is 14.2 Å². The van der Waals surface area contributed by atoms with Crippen LogP contribution in [0.25, 0.3) is 11.5 Å². The van der Waals surface area contributed by atoms with Crippen LogP contribution in [0.3, 0.4) is 0 Å². The van der Waals surface area contributed by atoms with Crippen LogP contribution in [0.2, 0.25) is 0 Å². The van der Waals surface area contributed by atoms with Gasteiger partial charge in [0.25, 0.3) is 5.91 Å². The number of hydrogen-bond donors (Lipinski definition) is 2. The van der Waals surface area contributed by atoms with Gasteiger partial charge < -0.3 is 24.8 Å². The minimum atomic E-state index is -4.34. The lowest BCUT2D eigenvalue weighted by Gasteiger charge is -2.22. The number of carbonyl (C=O) groups is 2. The van der Waals surface area contributed by atoms with Crippen LogP contribution < -0.4 is 15.4 Å². The molecule has 10 nitrogen and oxygen atoms in total. The van der Waals surface area contributed by atoms with E-state index in [0.717, 1.165) is 16.0 Å². The Morgan fingerprint density at radius 1 is 1.18 bits per heavy atom. The molecule has 1 unspecified atom stereocenters. The van der Waals surface area contributed by atoms with Crippen molar-refractivity contribution in [2.75, 3.05) is 32.6 Å². The fraction of sp³-hybridized carbons (Fsp3) is 0.444. The van der Waals surface area contributed by atoms with Gasteiger partial charge in [0.2, 0.25) is 0 Å². The summed E-state index contributed by atoms with van der Waals surface area (Å²) in [5, 5.41) is 13.6. The van der Waals surface area contributed by atoms with Gasteiger partial charge in [0.05, 0.1) is 19.1 Å². The van der Waals surface area contributed by atoms with Crippen LogP contribution in [-0.4, -0.2) is 70.0 Å².